The van der Waals surface area contributed by atoms with E-state index < -0.39 is 17.3 Å². The van der Waals surface area contributed by atoms with Gasteiger partial charge in [-0.15, -0.1) is 0 Å². The first-order valence-corrected chi connectivity index (χ1v) is 10.5. The van der Waals surface area contributed by atoms with E-state index in [1.165, 1.54) is 0 Å². The molecule has 2 aromatic carbocycles. The van der Waals surface area contributed by atoms with Gasteiger partial charge < -0.3 is 15.2 Å². The van der Waals surface area contributed by atoms with Crippen molar-refractivity contribution in [3.05, 3.63) is 70.2 Å². The molecule has 2 rings (SSSR count). The van der Waals surface area contributed by atoms with Gasteiger partial charge >= 0.3 is 6.09 Å². The average molecular weight is 422 g/mol. The molecule has 5 heteroatoms. The summed E-state index contributed by atoms with van der Waals surface area (Å²) in [5.41, 5.74) is 0.400. The number of halogens is 1. The number of alkyl carbamates (subject to hydrolysis) is 1. The van der Waals surface area contributed by atoms with Crippen LogP contribution in [0, 0.1) is 6.92 Å². The fourth-order valence-electron chi connectivity index (χ4n) is 2.44. The van der Waals surface area contributed by atoms with Crippen LogP contribution in [-0.2, 0) is 10.3 Å². The van der Waals surface area contributed by atoms with Crippen molar-refractivity contribution in [1.29, 1.82) is 0 Å². The number of nitrogens with one attached hydrogen (secondary N) is 1. The van der Waals surface area contributed by atoms with Gasteiger partial charge in [0.2, 0.25) is 0 Å². The second-order valence-electron chi connectivity index (χ2n) is 7.09. The van der Waals surface area contributed by atoms with Gasteiger partial charge in [-0.3, -0.25) is 0 Å². The van der Waals surface area contributed by atoms with Crippen LogP contribution in [0.5, 0.6) is 0 Å². The van der Waals surface area contributed by atoms with Crippen molar-refractivity contribution in [3.8, 4) is 0 Å². The van der Waals surface area contributed by atoms with Gasteiger partial charge in [0, 0.05) is 5.02 Å². The Labute approximate surface area is 181 Å². The highest BCUT2D eigenvalue weighted by atomic mass is 35.5. The van der Waals surface area contributed by atoms with Gasteiger partial charge in [-0.1, -0.05) is 81.3 Å². The second-order valence-corrected chi connectivity index (χ2v) is 7.53. The molecule has 1 unspecified atom stereocenters. The molecular weight excluding hydrogens is 386 g/mol. The van der Waals surface area contributed by atoms with Crippen molar-refractivity contribution < 1.29 is 14.6 Å². The molecule has 0 heterocycles. The monoisotopic (exact) mass is 421 g/mol. The van der Waals surface area contributed by atoms with E-state index in [1.807, 2.05) is 58.9 Å². The van der Waals surface area contributed by atoms with E-state index in [0.717, 1.165) is 5.56 Å². The quantitative estimate of drug-likeness (QED) is 0.595. The first-order chi connectivity index (χ1) is 13.6. The number of aryl methyl sites for hydroxylation is 1. The van der Waals surface area contributed by atoms with Crippen molar-refractivity contribution in [1.82, 2.24) is 5.32 Å². The zero-order valence-electron chi connectivity index (χ0n) is 19.0. The number of benzene rings is 2. The SMILES string of the molecule is CC.CC.Cc1ccc(C(O)(CNC(=O)OC(C)(C)C)c2ccc(Cl)cc2)cc1. The van der Waals surface area contributed by atoms with E-state index in [4.69, 9.17) is 16.3 Å². The van der Waals surface area contributed by atoms with E-state index in [9.17, 15) is 9.90 Å². The number of rotatable bonds is 4. The fraction of sp³-hybridized carbons (Fsp3) is 0.458. The Morgan fingerprint density at radius 2 is 1.34 bits per heavy atom. The molecule has 0 saturated heterocycles. The topological polar surface area (TPSA) is 58.6 Å². The lowest BCUT2D eigenvalue weighted by Gasteiger charge is -2.30. The summed E-state index contributed by atoms with van der Waals surface area (Å²) in [6.07, 6.45) is -0.577. The number of carbonyl (C=O) groups excluding carboxylic acids is 1. The number of ether oxygens (including phenoxy) is 1. The van der Waals surface area contributed by atoms with Gasteiger partial charge in [-0.25, -0.2) is 4.79 Å². The van der Waals surface area contributed by atoms with E-state index in [0.29, 0.717) is 16.1 Å². The van der Waals surface area contributed by atoms with Crippen LogP contribution < -0.4 is 5.32 Å². The molecule has 0 aliphatic carbocycles. The zero-order valence-corrected chi connectivity index (χ0v) is 19.7. The lowest BCUT2D eigenvalue weighted by Crippen LogP contribution is -2.43. The van der Waals surface area contributed by atoms with E-state index in [-0.39, 0.29) is 6.54 Å². The van der Waals surface area contributed by atoms with Gasteiger partial charge in [-0.05, 0) is 51.0 Å². The average Bonchev–Trinajstić information content (AvgIpc) is 2.69. The maximum atomic E-state index is 12.0. The fourth-order valence-corrected chi connectivity index (χ4v) is 2.57. The Balaban J connectivity index is 0.00000184. The van der Waals surface area contributed by atoms with Gasteiger partial charge in [0.1, 0.15) is 11.2 Å². The molecule has 0 aliphatic rings. The largest absolute Gasteiger partial charge is 0.444 e. The maximum Gasteiger partial charge on any atom is 0.407 e. The summed E-state index contributed by atoms with van der Waals surface area (Å²) in [5, 5.41) is 14.6. The molecule has 2 N–H and O–H groups in total. The molecule has 1 amide bonds. The van der Waals surface area contributed by atoms with E-state index in [2.05, 4.69) is 5.32 Å². The summed E-state index contributed by atoms with van der Waals surface area (Å²) in [6.45, 7) is 15.3. The Hall–Kier alpha value is -2.04. The molecule has 0 bridgehead atoms. The number of amides is 1. The number of hydrogen-bond acceptors (Lipinski definition) is 3. The van der Waals surface area contributed by atoms with Crippen LogP contribution in [0.1, 0.15) is 65.2 Å². The molecule has 1 atom stereocenters. The van der Waals surface area contributed by atoms with Crippen LogP contribution >= 0.6 is 11.6 Å². The van der Waals surface area contributed by atoms with Crippen LogP contribution in [0.3, 0.4) is 0 Å². The standard InChI is InChI=1S/C20H24ClNO3.2C2H6/c1-14-5-7-15(8-6-14)20(24,16-9-11-17(21)12-10-16)13-22-18(23)25-19(2,3)4;2*1-2/h5-12,24H,13H2,1-4H3,(H,22,23);2*1-2H3. The van der Waals surface area contributed by atoms with Crippen molar-refractivity contribution in [2.24, 2.45) is 0 Å². The predicted octanol–water partition coefficient (Wildman–Crippen LogP) is 6.46. The number of aliphatic hydroxyl groups is 1. The molecule has 0 saturated carbocycles. The summed E-state index contributed by atoms with van der Waals surface area (Å²) in [7, 11) is 0. The summed E-state index contributed by atoms with van der Waals surface area (Å²) in [6, 6.07) is 14.5. The summed E-state index contributed by atoms with van der Waals surface area (Å²) < 4.78 is 5.26. The lowest BCUT2D eigenvalue weighted by atomic mass is 9.86. The predicted molar refractivity (Wildman–Crippen MR) is 123 cm³/mol. The van der Waals surface area contributed by atoms with Crippen LogP contribution in [0.25, 0.3) is 0 Å². The maximum absolute atomic E-state index is 12.0. The molecule has 2 aromatic rings. The molecular formula is C24H36ClNO3. The van der Waals surface area contributed by atoms with E-state index >= 15 is 0 Å². The molecule has 0 fully saturated rings. The number of hydrogen-bond donors (Lipinski definition) is 2. The smallest absolute Gasteiger partial charge is 0.407 e. The van der Waals surface area contributed by atoms with Crippen LogP contribution in [-0.4, -0.2) is 23.3 Å². The van der Waals surface area contributed by atoms with E-state index in [1.54, 1.807) is 45.0 Å². The molecule has 0 aromatic heterocycles. The Kier molecular flexibility index (Phi) is 11.6. The van der Waals surface area contributed by atoms with Gasteiger partial charge in [0.05, 0.1) is 6.54 Å². The van der Waals surface area contributed by atoms with Crippen LogP contribution in [0.15, 0.2) is 48.5 Å². The van der Waals surface area contributed by atoms with Gasteiger partial charge in [-0.2, -0.15) is 0 Å². The van der Waals surface area contributed by atoms with Crippen molar-refractivity contribution in [2.45, 2.75) is 66.6 Å². The third-order valence-electron chi connectivity index (χ3n) is 3.74. The molecule has 162 valence electrons. The Morgan fingerprint density at radius 1 is 0.931 bits per heavy atom. The molecule has 4 nitrogen and oxygen atoms in total. The van der Waals surface area contributed by atoms with Crippen LogP contribution in [0.2, 0.25) is 5.02 Å². The lowest BCUT2D eigenvalue weighted by molar-refractivity contribution is 0.0393. The minimum absolute atomic E-state index is 0.0212. The minimum atomic E-state index is -1.39. The van der Waals surface area contributed by atoms with Crippen LogP contribution in [0.4, 0.5) is 4.79 Å². The molecule has 29 heavy (non-hydrogen) atoms. The van der Waals surface area contributed by atoms with Crippen molar-refractivity contribution in [3.63, 3.8) is 0 Å². The summed E-state index contributed by atoms with van der Waals surface area (Å²) in [4.78, 5) is 12.0. The molecule has 0 aliphatic heterocycles. The summed E-state index contributed by atoms with van der Waals surface area (Å²) in [5.74, 6) is 0. The zero-order chi connectivity index (χ0) is 22.7. The minimum Gasteiger partial charge on any atom is -0.444 e. The normalized spacial score (nSPS) is 12.3. The summed E-state index contributed by atoms with van der Waals surface area (Å²) >= 11 is 5.96. The Morgan fingerprint density at radius 3 is 1.76 bits per heavy atom. The second kappa shape index (κ2) is 12.5. The third kappa shape index (κ3) is 8.88. The van der Waals surface area contributed by atoms with Gasteiger partial charge in [0.15, 0.2) is 0 Å². The van der Waals surface area contributed by atoms with Gasteiger partial charge in [0.25, 0.3) is 0 Å². The Bertz CT molecular complexity index is 674. The highest BCUT2D eigenvalue weighted by molar-refractivity contribution is 6.30. The van der Waals surface area contributed by atoms with Crippen molar-refractivity contribution in [2.75, 3.05) is 6.54 Å². The number of carbonyl (C=O) groups is 1. The third-order valence-corrected chi connectivity index (χ3v) is 3.99. The highest BCUT2D eigenvalue weighted by Gasteiger charge is 2.32. The molecule has 0 radical (unpaired) electrons. The molecule has 0 spiro atoms. The first-order valence-electron chi connectivity index (χ1n) is 10.1. The first kappa shape index (κ1) is 27.0. The van der Waals surface area contributed by atoms with Crippen molar-refractivity contribution >= 4 is 17.7 Å². The highest BCUT2D eigenvalue weighted by Crippen LogP contribution is 2.30.